The van der Waals surface area contributed by atoms with Crippen molar-refractivity contribution in [3.05, 3.63) is 270 Å². The maximum atomic E-state index is 6.73. The first-order valence-electron chi connectivity index (χ1n) is 25.3. The second-order valence-corrected chi connectivity index (χ2v) is 19.2. The highest BCUT2D eigenvalue weighted by Crippen LogP contribution is 2.45. The van der Waals surface area contributed by atoms with Crippen LogP contribution < -0.4 is 0 Å². The summed E-state index contributed by atoms with van der Waals surface area (Å²) < 4.78 is 6.73. The van der Waals surface area contributed by atoms with E-state index in [0.29, 0.717) is 0 Å². The zero-order valence-electron chi connectivity index (χ0n) is 41.1. The van der Waals surface area contributed by atoms with Crippen LogP contribution in [0.2, 0.25) is 0 Å². The first-order valence-corrected chi connectivity index (χ1v) is 25.3. The molecule has 0 unspecified atom stereocenters. The Morgan fingerprint density at radius 3 is 1.53 bits per heavy atom. The molecule has 12 aromatic rings. The molecule has 12 rings (SSSR count). The van der Waals surface area contributed by atoms with Gasteiger partial charge in [-0.3, -0.25) is 15.0 Å². The Bertz CT molecular complexity index is 3790. The van der Waals surface area contributed by atoms with Crippen LogP contribution in [-0.4, -0.2) is 15.0 Å². The van der Waals surface area contributed by atoms with Crippen LogP contribution in [0.4, 0.5) is 0 Å². The lowest BCUT2D eigenvalue weighted by Crippen LogP contribution is -1.98. The molecule has 350 valence electrons. The van der Waals surface area contributed by atoms with Gasteiger partial charge in [-0.1, -0.05) is 164 Å². The summed E-state index contributed by atoms with van der Waals surface area (Å²) in [6.45, 7) is 4.28. The molecule has 4 aromatic heterocycles. The highest BCUT2D eigenvalue weighted by molar-refractivity contribution is 6.14. The number of benzene rings is 8. The summed E-state index contributed by atoms with van der Waals surface area (Å²) in [5.41, 5.74) is 24.9. The van der Waals surface area contributed by atoms with Crippen molar-refractivity contribution in [3.63, 3.8) is 0 Å². The van der Waals surface area contributed by atoms with Gasteiger partial charge in [0.1, 0.15) is 11.2 Å². The van der Waals surface area contributed by atoms with Crippen molar-refractivity contribution in [3.8, 4) is 78.3 Å². The van der Waals surface area contributed by atoms with Gasteiger partial charge in [-0.05, 0) is 172 Å². The summed E-state index contributed by atoms with van der Waals surface area (Å²) in [5, 5.41) is 2.20. The fourth-order valence-corrected chi connectivity index (χ4v) is 10.3. The summed E-state index contributed by atoms with van der Waals surface area (Å²) in [6, 6.07) is 78.9. The molecule has 73 heavy (non-hydrogen) atoms. The summed E-state index contributed by atoms with van der Waals surface area (Å²) in [6.07, 6.45) is 9.37. The van der Waals surface area contributed by atoms with Crippen molar-refractivity contribution in [1.29, 1.82) is 0 Å². The van der Waals surface area contributed by atoms with Crippen LogP contribution in [0, 0.1) is 13.8 Å². The van der Waals surface area contributed by atoms with Crippen molar-refractivity contribution < 1.29 is 4.42 Å². The average Bonchev–Trinajstić information content (AvgIpc) is 3.84. The Hall–Kier alpha value is -8.99. The predicted molar refractivity (Wildman–Crippen MR) is 302 cm³/mol. The molecular formula is C69H53N3O. The summed E-state index contributed by atoms with van der Waals surface area (Å²) >= 11 is 0. The minimum Gasteiger partial charge on any atom is -0.456 e. The summed E-state index contributed by atoms with van der Waals surface area (Å²) in [7, 11) is 0. The minimum atomic E-state index is 0.863. The molecule has 0 saturated carbocycles. The van der Waals surface area contributed by atoms with E-state index in [1.165, 1.54) is 50.1 Å². The third-order valence-electron chi connectivity index (χ3n) is 14.4. The Morgan fingerprint density at radius 2 is 0.890 bits per heavy atom. The fourth-order valence-electron chi connectivity index (χ4n) is 10.3. The largest absolute Gasteiger partial charge is 0.456 e. The van der Waals surface area contributed by atoms with Crippen LogP contribution in [0.3, 0.4) is 0 Å². The summed E-state index contributed by atoms with van der Waals surface area (Å²) in [4.78, 5) is 14.1. The van der Waals surface area contributed by atoms with Crippen molar-refractivity contribution in [2.75, 3.05) is 0 Å². The second kappa shape index (κ2) is 20.0. The molecule has 0 aliphatic carbocycles. The number of hydrogen-bond donors (Lipinski definition) is 0. The van der Waals surface area contributed by atoms with E-state index in [1.807, 2.05) is 42.9 Å². The Balaban J connectivity index is 0.959. The number of fused-ring (bicyclic) bond motifs is 3. The van der Waals surface area contributed by atoms with Crippen LogP contribution >= 0.6 is 0 Å². The van der Waals surface area contributed by atoms with Gasteiger partial charge in [0.25, 0.3) is 0 Å². The number of pyridine rings is 3. The molecule has 0 radical (unpaired) electrons. The minimum absolute atomic E-state index is 0.863. The number of aromatic nitrogens is 3. The Labute approximate surface area is 427 Å². The standard InChI is InChI=1S/C69H53N3O/c1-46-39-66(72-45-47(46)2)56-34-35-60(63(43-56)61-17-12-20-67-69(61)62-36-33-55(44-68(62)73-67)52-13-4-3-5-14-52)59-16-7-6-15-58(59)57-41-50(23-21-48-25-29-53(30-26-48)64-18-8-10-37-70-64)40-51(42-57)24-22-49-27-31-54(32-28-49)65-19-9-11-38-71-65/h3-20,25-45H,21-24H2,1-2H3. The third-order valence-corrected chi connectivity index (χ3v) is 14.4. The van der Waals surface area contributed by atoms with Gasteiger partial charge < -0.3 is 4.42 Å². The molecule has 0 spiro atoms. The normalized spacial score (nSPS) is 11.4. The van der Waals surface area contributed by atoms with Gasteiger partial charge in [0, 0.05) is 46.1 Å². The van der Waals surface area contributed by atoms with Crippen molar-refractivity contribution in [2.45, 2.75) is 39.5 Å². The molecule has 8 aromatic carbocycles. The topological polar surface area (TPSA) is 51.8 Å². The van der Waals surface area contributed by atoms with Crippen molar-refractivity contribution >= 4 is 21.9 Å². The quantitative estimate of drug-likeness (QED) is 0.116. The molecule has 0 amide bonds. The molecule has 0 N–H and O–H groups in total. The van der Waals surface area contributed by atoms with Gasteiger partial charge in [-0.25, -0.2) is 0 Å². The van der Waals surface area contributed by atoms with E-state index in [9.17, 15) is 0 Å². The van der Waals surface area contributed by atoms with Crippen LogP contribution in [-0.2, 0) is 25.7 Å². The third kappa shape index (κ3) is 9.51. The van der Waals surface area contributed by atoms with E-state index >= 15 is 0 Å². The molecule has 0 saturated heterocycles. The zero-order chi connectivity index (χ0) is 49.1. The molecule has 4 heterocycles. The monoisotopic (exact) mass is 939 g/mol. The van der Waals surface area contributed by atoms with Gasteiger partial charge in [-0.2, -0.15) is 0 Å². The van der Waals surface area contributed by atoms with E-state index in [-0.39, 0.29) is 0 Å². The SMILES string of the molecule is Cc1cnc(-c2ccc(-c3ccccc3-c3cc(CCc4ccc(-c5ccccn5)cc4)cc(CCc4ccc(-c5ccccn5)cc4)c3)c(-c3cccc4oc5cc(-c6ccccc6)ccc5c34)c2)cc1C. The molecule has 0 aliphatic rings. The lowest BCUT2D eigenvalue weighted by Gasteiger charge is -2.18. The summed E-state index contributed by atoms with van der Waals surface area (Å²) in [5.74, 6) is 0. The van der Waals surface area contributed by atoms with Crippen molar-refractivity contribution in [1.82, 2.24) is 15.0 Å². The molecule has 4 heteroatoms. The van der Waals surface area contributed by atoms with Crippen molar-refractivity contribution in [2.24, 2.45) is 0 Å². The van der Waals surface area contributed by atoms with Gasteiger partial charge in [-0.15, -0.1) is 0 Å². The van der Waals surface area contributed by atoms with E-state index in [4.69, 9.17) is 9.40 Å². The Kier molecular flexibility index (Phi) is 12.4. The smallest absolute Gasteiger partial charge is 0.136 e. The highest BCUT2D eigenvalue weighted by Gasteiger charge is 2.20. The zero-order valence-corrected chi connectivity index (χ0v) is 41.1. The van der Waals surface area contributed by atoms with E-state index in [1.54, 1.807) is 0 Å². The number of furan rings is 1. The van der Waals surface area contributed by atoms with Gasteiger partial charge in [0.2, 0.25) is 0 Å². The van der Waals surface area contributed by atoms with Crippen LogP contribution in [0.5, 0.6) is 0 Å². The average molecular weight is 940 g/mol. The van der Waals surface area contributed by atoms with Crippen LogP contribution in [0.15, 0.2) is 241 Å². The first kappa shape index (κ1) is 45.2. The maximum absolute atomic E-state index is 6.73. The molecule has 4 nitrogen and oxygen atoms in total. The van der Waals surface area contributed by atoms with E-state index in [2.05, 4.69) is 218 Å². The second-order valence-electron chi connectivity index (χ2n) is 19.2. The number of hydrogen-bond acceptors (Lipinski definition) is 4. The lowest BCUT2D eigenvalue weighted by molar-refractivity contribution is 0.669. The predicted octanol–water partition coefficient (Wildman–Crippen LogP) is 17.6. The molecular weight excluding hydrogens is 887 g/mol. The molecule has 0 aliphatic heterocycles. The van der Waals surface area contributed by atoms with Crippen LogP contribution in [0.1, 0.15) is 33.4 Å². The highest BCUT2D eigenvalue weighted by atomic mass is 16.3. The number of nitrogens with zero attached hydrogens (tertiary/aromatic N) is 3. The van der Waals surface area contributed by atoms with E-state index < -0.39 is 0 Å². The molecule has 0 fully saturated rings. The molecule has 0 bridgehead atoms. The van der Waals surface area contributed by atoms with Gasteiger partial charge in [0.15, 0.2) is 0 Å². The van der Waals surface area contributed by atoms with Crippen LogP contribution in [0.25, 0.3) is 100 Å². The number of rotatable bonds is 13. The number of aryl methyl sites for hydroxylation is 6. The lowest BCUT2D eigenvalue weighted by atomic mass is 9.85. The first-order chi connectivity index (χ1) is 36.0. The van der Waals surface area contributed by atoms with Gasteiger partial charge >= 0.3 is 0 Å². The Morgan fingerprint density at radius 1 is 0.315 bits per heavy atom. The molecule has 0 atom stereocenters. The fraction of sp³-hybridized carbons (Fsp3) is 0.0870. The maximum Gasteiger partial charge on any atom is 0.136 e. The van der Waals surface area contributed by atoms with Gasteiger partial charge in [0.05, 0.1) is 17.1 Å². The van der Waals surface area contributed by atoms with E-state index in [0.717, 1.165) is 109 Å².